The first-order valence-electron chi connectivity index (χ1n) is 10.6. The van der Waals surface area contributed by atoms with Crippen molar-refractivity contribution in [1.29, 1.82) is 0 Å². The lowest BCUT2D eigenvalue weighted by Gasteiger charge is -2.32. The Hall–Kier alpha value is -2.34. The van der Waals surface area contributed by atoms with Gasteiger partial charge in [-0.15, -0.1) is 0 Å². The van der Waals surface area contributed by atoms with E-state index in [1.54, 1.807) is 0 Å². The van der Waals surface area contributed by atoms with Gasteiger partial charge in [0.2, 0.25) is 0 Å². The highest BCUT2D eigenvalue weighted by Gasteiger charge is 2.27. The van der Waals surface area contributed by atoms with Crippen LogP contribution < -0.4 is 10.6 Å². The van der Waals surface area contributed by atoms with E-state index in [0.717, 1.165) is 62.8 Å². The van der Waals surface area contributed by atoms with E-state index in [4.69, 9.17) is 9.26 Å². The second-order valence-electron chi connectivity index (χ2n) is 7.89. The summed E-state index contributed by atoms with van der Waals surface area (Å²) in [6.07, 6.45) is 4.38. The molecule has 1 fully saturated rings. The molecule has 0 amide bonds. The fourth-order valence-corrected chi connectivity index (χ4v) is 3.96. The summed E-state index contributed by atoms with van der Waals surface area (Å²) in [4.78, 5) is 4.37. The largest absolute Gasteiger partial charge is 0.373 e. The lowest BCUT2D eigenvalue weighted by atomic mass is 9.89. The van der Waals surface area contributed by atoms with E-state index in [-0.39, 0.29) is 6.10 Å². The molecular weight excluding hydrogens is 364 g/mol. The molecule has 0 radical (unpaired) electrons. The molecule has 6 nitrogen and oxygen atoms in total. The van der Waals surface area contributed by atoms with Crippen LogP contribution in [0.5, 0.6) is 0 Å². The van der Waals surface area contributed by atoms with E-state index in [1.165, 1.54) is 16.7 Å². The van der Waals surface area contributed by atoms with E-state index in [0.29, 0.717) is 5.92 Å². The van der Waals surface area contributed by atoms with Gasteiger partial charge in [-0.05, 0) is 52.0 Å². The smallest absolute Gasteiger partial charge is 0.190 e. The molecule has 1 saturated heterocycles. The van der Waals surface area contributed by atoms with Crippen molar-refractivity contribution in [3.8, 4) is 0 Å². The molecule has 1 aromatic heterocycles. The van der Waals surface area contributed by atoms with E-state index >= 15 is 0 Å². The number of aliphatic imine (C=N–C) groups is 1. The summed E-state index contributed by atoms with van der Waals surface area (Å²) in [6, 6.07) is 8.72. The summed E-state index contributed by atoms with van der Waals surface area (Å²) in [7, 11) is 1.82. The SMILES string of the molecule is CN=C(NCCCc1c(C)noc1C)NCC1CCCOC1c1ccc(C)cc1. The number of guanidine groups is 1. The van der Waals surface area contributed by atoms with Crippen LogP contribution in [0.2, 0.25) is 0 Å². The van der Waals surface area contributed by atoms with Gasteiger partial charge in [-0.25, -0.2) is 0 Å². The monoisotopic (exact) mass is 398 g/mol. The van der Waals surface area contributed by atoms with Gasteiger partial charge in [-0.1, -0.05) is 35.0 Å². The van der Waals surface area contributed by atoms with Crippen molar-refractivity contribution < 1.29 is 9.26 Å². The van der Waals surface area contributed by atoms with Crippen LogP contribution in [0.25, 0.3) is 0 Å². The fraction of sp³-hybridized carbons (Fsp3) is 0.565. The molecule has 1 aliphatic heterocycles. The van der Waals surface area contributed by atoms with Crippen molar-refractivity contribution in [2.75, 3.05) is 26.7 Å². The molecule has 1 aromatic carbocycles. The summed E-state index contributed by atoms with van der Waals surface area (Å²) in [6.45, 7) is 8.63. The van der Waals surface area contributed by atoms with Crippen molar-refractivity contribution in [1.82, 2.24) is 15.8 Å². The molecule has 2 heterocycles. The summed E-state index contributed by atoms with van der Waals surface area (Å²) in [5, 5.41) is 10.9. The highest BCUT2D eigenvalue weighted by atomic mass is 16.5. The summed E-state index contributed by atoms with van der Waals surface area (Å²) < 4.78 is 11.4. The number of aromatic nitrogens is 1. The van der Waals surface area contributed by atoms with Crippen LogP contribution in [0, 0.1) is 26.7 Å². The van der Waals surface area contributed by atoms with E-state index in [2.05, 4.69) is 52.0 Å². The zero-order chi connectivity index (χ0) is 20.6. The molecule has 3 rings (SSSR count). The van der Waals surface area contributed by atoms with Crippen LogP contribution in [0.3, 0.4) is 0 Å². The normalized spacial score (nSPS) is 19.9. The molecule has 2 aromatic rings. The number of benzene rings is 1. The predicted molar refractivity (Wildman–Crippen MR) is 116 cm³/mol. The van der Waals surface area contributed by atoms with Crippen LogP contribution in [-0.2, 0) is 11.2 Å². The zero-order valence-corrected chi connectivity index (χ0v) is 18.1. The van der Waals surface area contributed by atoms with Crippen LogP contribution >= 0.6 is 0 Å². The highest BCUT2D eigenvalue weighted by molar-refractivity contribution is 5.79. The Morgan fingerprint density at radius 2 is 1.97 bits per heavy atom. The number of aryl methyl sites for hydroxylation is 3. The van der Waals surface area contributed by atoms with Crippen molar-refractivity contribution in [2.45, 2.75) is 52.6 Å². The third-order valence-corrected chi connectivity index (χ3v) is 5.68. The number of nitrogens with zero attached hydrogens (tertiary/aromatic N) is 2. The number of ether oxygens (including phenoxy) is 1. The van der Waals surface area contributed by atoms with Gasteiger partial charge in [0.15, 0.2) is 5.96 Å². The maximum absolute atomic E-state index is 6.13. The van der Waals surface area contributed by atoms with Crippen molar-refractivity contribution in [3.05, 3.63) is 52.4 Å². The predicted octanol–water partition coefficient (Wildman–Crippen LogP) is 3.87. The Morgan fingerprint density at radius 1 is 1.17 bits per heavy atom. The summed E-state index contributed by atoms with van der Waals surface area (Å²) >= 11 is 0. The van der Waals surface area contributed by atoms with Gasteiger partial charge in [-0.2, -0.15) is 0 Å². The summed E-state index contributed by atoms with van der Waals surface area (Å²) in [5.41, 5.74) is 4.75. The maximum atomic E-state index is 6.13. The third-order valence-electron chi connectivity index (χ3n) is 5.68. The number of hydrogen-bond donors (Lipinski definition) is 2. The van der Waals surface area contributed by atoms with Crippen molar-refractivity contribution in [2.24, 2.45) is 10.9 Å². The van der Waals surface area contributed by atoms with Crippen molar-refractivity contribution in [3.63, 3.8) is 0 Å². The molecule has 0 aliphatic carbocycles. The molecule has 29 heavy (non-hydrogen) atoms. The molecule has 1 aliphatic rings. The molecule has 2 unspecified atom stereocenters. The molecule has 2 atom stereocenters. The average molecular weight is 399 g/mol. The maximum Gasteiger partial charge on any atom is 0.190 e. The first-order chi connectivity index (χ1) is 14.1. The molecule has 158 valence electrons. The molecule has 0 bridgehead atoms. The van der Waals surface area contributed by atoms with Gasteiger partial charge >= 0.3 is 0 Å². The zero-order valence-electron chi connectivity index (χ0n) is 18.1. The second kappa shape index (κ2) is 10.4. The number of hydrogen-bond acceptors (Lipinski definition) is 4. The minimum absolute atomic E-state index is 0.148. The van der Waals surface area contributed by atoms with Crippen LogP contribution in [0.1, 0.15) is 53.5 Å². The van der Waals surface area contributed by atoms with Crippen LogP contribution in [0.15, 0.2) is 33.8 Å². The van der Waals surface area contributed by atoms with Gasteiger partial charge in [0.25, 0.3) is 0 Å². The average Bonchev–Trinajstić information content (AvgIpc) is 3.06. The molecule has 0 spiro atoms. The first kappa shape index (κ1) is 21.4. The highest BCUT2D eigenvalue weighted by Crippen LogP contribution is 2.33. The first-order valence-corrected chi connectivity index (χ1v) is 10.6. The molecular formula is C23H34N4O2. The van der Waals surface area contributed by atoms with Gasteiger partial charge in [0.05, 0.1) is 11.8 Å². The Labute approximate surface area is 174 Å². The Kier molecular flexibility index (Phi) is 7.69. The Balaban J connectivity index is 1.46. The molecule has 6 heteroatoms. The lowest BCUT2D eigenvalue weighted by Crippen LogP contribution is -2.42. The van der Waals surface area contributed by atoms with Gasteiger partial charge in [0.1, 0.15) is 5.76 Å². The summed E-state index contributed by atoms with van der Waals surface area (Å²) in [5.74, 6) is 2.20. The Bertz CT molecular complexity index is 778. The molecule has 0 saturated carbocycles. The van der Waals surface area contributed by atoms with Crippen LogP contribution in [0.4, 0.5) is 0 Å². The van der Waals surface area contributed by atoms with Gasteiger partial charge < -0.3 is 19.9 Å². The minimum atomic E-state index is 0.148. The quantitative estimate of drug-likeness (QED) is 0.421. The lowest BCUT2D eigenvalue weighted by molar-refractivity contribution is -0.0265. The minimum Gasteiger partial charge on any atom is -0.373 e. The molecule has 2 N–H and O–H groups in total. The van der Waals surface area contributed by atoms with E-state index in [1.807, 2.05) is 20.9 Å². The van der Waals surface area contributed by atoms with E-state index in [9.17, 15) is 0 Å². The standard InChI is InChI=1S/C23H34N4O2/c1-16-9-11-19(12-10-16)22-20(7-6-14-28-22)15-26-23(24-4)25-13-5-8-21-17(2)27-29-18(21)3/h9-12,20,22H,5-8,13-15H2,1-4H3,(H2,24,25,26). The Morgan fingerprint density at radius 3 is 2.66 bits per heavy atom. The van der Waals surface area contributed by atoms with Crippen molar-refractivity contribution >= 4 is 5.96 Å². The number of nitrogens with one attached hydrogen (secondary N) is 2. The third kappa shape index (κ3) is 5.82. The topological polar surface area (TPSA) is 71.7 Å². The fourth-order valence-electron chi connectivity index (χ4n) is 3.96. The van der Waals surface area contributed by atoms with Crippen LogP contribution in [-0.4, -0.2) is 37.9 Å². The van der Waals surface area contributed by atoms with Gasteiger partial charge in [0, 0.05) is 38.2 Å². The van der Waals surface area contributed by atoms with Gasteiger partial charge in [-0.3, -0.25) is 4.99 Å². The second-order valence-corrected chi connectivity index (χ2v) is 7.89. The van der Waals surface area contributed by atoms with E-state index < -0.39 is 0 Å². The number of rotatable bonds is 7.